The highest BCUT2D eigenvalue weighted by Crippen LogP contribution is 2.54. The van der Waals surface area contributed by atoms with Crippen LogP contribution in [0.15, 0.2) is 0 Å². The highest BCUT2D eigenvalue weighted by atomic mass is 32.2. The molecule has 2 aliphatic rings. The molecular formula is C15H22F4O6S2. The topological polar surface area (TPSA) is 101 Å². The Kier molecular flexibility index (Phi) is 6.17. The fraction of sp³-hybridized carbons (Fsp3) is 0.933. The van der Waals surface area contributed by atoms with Crippen molar-refractivity contribution in [2.75, 3.05) is 6.61 Å². The van der Waals surface area contributed by atoms with Crippen molar-refractivity contribution in [1.29, 1.82) is 0 Å². The molecule has 0 aromatic rings. The predicted octanol–water partition coefficient (Wildman–Crippen LogP) is 2.71. The lowest BCUT2D eigenvalue weighted by Crippen LogP contribution is -2.47. The van der Waals surface area contributed by atoms with Crippen molar-refractivity contribution in [2.45, 2.75) is 66.8 Å². The van der Waals surface area contributed by atoms with E-state index in [1.165, 1.54) is 0 Å². The molecule has 0 radical (unpaired) electrons. The standard InChI is InChI=1S/C15H22F4O6S2/c1-13(2,21)7-8-5-9-6-10(11(8)26-9)12(20)25-4-3-14(16,17)15(18,19)27(22,23)24/h8-11,21H,3-7H2,1-2H3,(H,22,23,24). The van der Waals surface area contributed by atoms with Crippen molar-refractivity contribution in [2.24, 2.45) is 11.8 Å². The molecule has 0 aromatic carbocycles. The van der Waals surface area contributed by atoms with Crippen LogP contribution in [0, 0.1) is 11.8 Å². The van der Waals surface area contributed by atoms with Crippen LogP contribution in [-0.4, -0.2) is 57.9 Å². The van der Waals surface area contributed by atoms with E-state index in [-0.39, 0.29) is 16.4 Å². The summed E-state index contributed by atoms with van der Waals surface area (Å²) in [5.74, 6) is -6.43. The van der Waals surface area contributed by atoms with Gasteiger partial charge in [0.2, 0.25) is 0 Å². The molecule has 0 saturated carbocycles. The lowest BCUT2D eigenvalue weighted by atomic mass is 9.77. The fourth-order valence-corrected chi connectivity index (χ4v) is 6.09. The number of halogens is 4. The van der Waals surface area contributed by atoms with Crippen molar-refractivity contribution in [3.05, 3.63) is 0 Å². The van der Waals surface area contributed by atoms with E-state index in [4.69, 9.17) is 9.29 Å². The van der Waals surface area contributed by atoms with E-state index in [1.807, 2.05) is 0 Å². The summed E-state index contributed by atoms with van der Waals surface area (Å²) in [6.07, 6.45) is 0.0199. The zero-order valence-electron chi connectivity index (χ0n) is 14.7. The summed E-state index contributed by atoms with van der Waals surface area (Å²) in [5.41, 5.74) is -0.923. The van der Waals surface area contributed by atoms with Crippen molar-refractivity contribution < 1.29 is 45.2 Å². The minimum absolute atomic E-state index is 0.0524. The lowest BCUT2D eigenvalue weighted by molar-refractivity contribution is -0.176. The Morgan fingerprint density at radius 1 is 1.22 bits per heavy atom. The number of hydrogen-bond donors (Lipinski definition) is 2. The SMILES string of the molecule is CC(C)(O)CC1CC2CC(C(=O)OCCC(F)(F)C(F)(F)S(=O)(=O)O)C1S2. The molecule has 12 heteroatoms. The van der Waals surface area contributed by atoms with Gasteiger partial charge in [-0.2, -0.15) is 37.7 Å². The number of hydrogen-bond acceptors (Lipinski definition) is 6. The summed E-state index contributed by atoms with van der Waals surface area (Å²) in [6.45, 7) is 2.19. The van der Waals surface area contributed by atoms with Crippen LogP contribution in [0.1, 0.15) is 39.5 Å². The number of carbonyl (C=O) groups excluding carboxylic acids is 1. The van der Waals surface area contributed by atoms with Crippen LogP contribution < -0.4 is 0 Å². The molecule has 158 valence electrons. The smallest absolute Gasteiger partial charge is 0.431 e. The van der Waals surface area contributed by atoms with Crippen LogP contribution >= 0.6 is 11.8 Å². The molecular weight excluding hydrogens is 416 g/mol. The normalized spacial score (nSPS) is 29.2. The molecule has 2 N–H and O–H groups in total. The van der Waals surface area contributed by atoms with Crippen LogP contribution in [0.2, 0.25) is 0 Å². The maximum absolute atomic E-state index is 13.4. The van der Waals surface area contributed by atoms with Crippen LogP contribution in [-0.2, 0) is 19.6 Å². The minimum atomic E-state index is -6.31. The third-order valence-corrected chi connectivity index (χ3v) is 7.51. The number of alkyl halides is 4. The maximum atomic E-state index is 13.4. The van der Waals surface area contributed by atoms with E-state index in [0.29, 0.717) is 12.8 Å². The van der Waals surface area contributed by atoms with Gasteiger partial charge >= 0.3 is 27.3 Å². The third kappa shape index (κ3) is 4.88. The van der Waals surface area contributed by atoms with Gasteiger partial charge in [0.25, 0.3) is 0 Å². The molecule has 0 aromatic heterocycles. The first-order chi connectivity index (χ1) is 12.1. The van der Waals surface area contributed by atoms with E-state index < -0.39 is 51.8 Å². The summed E-state index contributed by atoms with van der Waals surface area (Å²) >= 11 is 1.57. The maximum Gasteiger partial charge on any atom is 0.431 e. The Morgan fingerprint density at radius 2 is 1.81 bits per heavy atom. The number of ether oxygens (including phenoxy) is 1. The quantitative estimate of drug-likeness (QED) is 0.341. The van der Waals surface area contributed by atoms with Gasteiger partial charge in [0.05, 0.1) is 24.5 Å². The number of esters is 1. The van der Waals surface area contributed by atoms with Crippen LogP contribution in [0.5, 0.6) is 0 Å². The second-order valence-corrected chi connectivity index (χ2v) is 10.6. The number of thioether (sulfide) groups is 1. The number of rotatable bonds is 8. The number of aliphatic hydroxyl groups is 1. The first kappa shape index (κ1) is 22.7. The lowest BCUT2D eigenvalue weighted by Gasteiger charge is -2.31. The molecule has 2 heterocycles. The summed E-state index contributed by atoms with van der Waals surface area (Å²) in [7, 11) is -6.31. The Hall–Kier alpha value is -0.590. The summed E-state index contributed by atoms with van der Waals surface area (Å²) in [5, 5.41) is 4.32. The molecule has 2 rings (SSSR count). The van der Waals surface area contributed by atoms with Crippen molar-refractivity contribution >= 4 is 27.8 Å². The van der Waals surface area contributed by atoms with E-state index in [9.17, 15) is 35.9 Å². The van der Waals surface area contributed by atoms with E-state index in [2.05, 4.69) is 0 Å². The first-order valence-electron chi connectivity index (χ1n) is 8.32. The molecule has 4 atom stereocenters. The number of fused-ring (bicyclic) bond motifs is 2. The molecule has 6 nitrogen and oxygen atoms in total. The average molecular weight is 438 g/mol. The summed E-state index contributed by atoms with van der Waals surface area (Å²) in [4.78, 5) is 12.2. The van der Waals surface area contributed by atoms with Gasteiger partial charge in [0.15, 0.2) is 0 Å². The molecule has 0 aliphatic carbocycles. The molecule has 2 bridgehead atoms. The van der Waals surface area contributed by atoms with Crippen LogP contribution in [0.3, 0.4) is 0 Å². The second-order valence-electron chi connectivity index (χ2n) is 7.69. The molecule has 27 heavy (non-hydrogen) atoms. The Morgan fingerprint density at radius 3 is 2.30 bits per heavy atom. The van der Waals surface area contributed by atoms with Gasteiger partial charge in [0.1, 0.15) is 0 Å². The van der Waals surface area contributed by atoms with Gasteiger partial charge in [-0.3, -0.25) is 9.35 Å². The molecule has 4 unspecified atom stereocenters. The van der Waals surface area contributed by atoms with Gasteiger partial charge in [0, 0.05) is 10.5 Å². The zero-order chi connectivity index (χ0) is 20.8. The highest BCUT2D eigenvalue weighted by Gasteiger charge is 2.65. The molecule has 2 fully saturated rings. The zero-order valence-corrected chi connectivity index (χ0v) is 16.3. The van der Waals surface area contributed by atoms with E-state index in [1.54, 1.807) is 25.6 Å². The second kappa shape index (κ2) is 7.34. The van der Waals surface area contributed by atoms with Crippen molar-refractivity contribution in [3.63, 3.8) is 0 Å². The Balaban J connectivity index is 1.91. The monoisotopic (exact) mass is 438 g/mol. The van der Waals surface area contributed by atoms with Crippen molar-refractivity contribution in [1.82, 2.24) is 0 Å². The molecule has 2 aliphatic heterocycles. The molecule has 0 spiro atoms. The predicted molar refractivity (Wildman–Crippen MR) is 89.3 cm³/mol. The van der Waals surface area contributed by atoms with Gasteiger partial charge in [-0.15, -0.1) is 0 Å². The van der Waals surface area contributed by atoms with Gasteiger partial charge in [-0.25, -0.2) is 0 Å². The van der Waals surface area contributed by atoms with Gasteiger partial charge in [-0.05, 0) is 39.0 Å². The largest absolute Gasteiger partial charge is 0.465 e. The fourth-order valence-electron chi connectivity index (χ4n) is 3.65. The van der Waals surface area contributed by atoms with E-state index >= 15 is 0 Å². The average Bonchev–Trinajstić information content (AvgIpc) is 3.03. The third-order valence-electron chi connectivity index (χ3n) is 4.77. The van der Waals surface area contributed by atoms with E-state index in [0.717, 1.165) is 6.42 Å². The molecule has 2 saturated heterocycles. The Bertz CT molecular complexity index is 676. The van der Waals surface area contributed by atoms with Gasteiger partial charge in [-0.1, -0.05) is 0 Å². The van der Waals surface area contributed by atoms with Crippen LogP contribution in [0.4, 0.5) is 17.6 Å². The van der Waals surface area contributed by atoms with Crippen molar-refractivity contribution in [3.8, 4) is 0 Å². The summed E-state index contributed by atoms with van der Waals surface area (Å²) in [6, 6.07) is 0. The Labute approximate surface area is 158 Å². The first-order valence-corrected chi connectivity index (χ1v) is 10.7. The summed E-state index contributed by atoms with van der Waals surface area (Å²) < 4.78 is 86.9. The molecule has 0 amide bonds. The minimum Gasteiger partial charge on any atom is -0.465 e. The van der Waals surface area contributed by atoms with Gasteiger partial charge < -0.3 is 9.84 Å². The number of carbonyl (C=O) groups is 1. The highest BCUT2D eigenvalue weighted by molar-refractivity contribution is 8.01. The van der Waals surface area contributed by atoms with Crippen LogP contribution in [0.25, 0.3) is 0 Å².